The van der Waals surface area contributed by atoms with Crippen molar-refractivity contribution in [2.75, 3.05) is 0 Å². The second kappa shape index (κ2) is 8.32. The smallest absolute Gasteiger partial charge is 0.392 e. The Kier molecular flexibility index (Phi) is 8.59. The van der Waals surface area contributed by atoms with Crippen LogP contribution < -0.4 is 0 Å². The lowest BCUT2D eigenvalue weighted by Gasteiger charge is -2.00. The molecule has 0 aliphatic carbocycles. The minimum absolute atomic E-state index is 0.290. The molecule has 0 fully saturated rings. The van der Waals surface area contributed by atoms with Crippen LogP contribution >= 0.6 is 0 Å². The van der Waals surface area contributed by atoms with Crippen molar-refractivity contribution in [1.29, 1.82) is 0 Å². The first-order chi connectivity index (χ1) is 8.01. The number of aliphatic carboxylic acids is 2. The van der Waals surface area contributed by atoms with Crippen molar-refractivity contribution in [3.8, 4) is 0 Å². The molecule has 104 valence electrons. The molecule has 0 radical (unpaired) electrons. The molecule has 0 saturated carbocycles. The zero-order valence-electron chi connectivity index (χ0n) is 10.2. The van der Waals surface area contributed by atoms with E-state index in [9.17, 15) is 22.8 Å². The maximum absolute atomic E-state index is 11.4. The zero-order chi connectivity index (χ0) is 14.9. The second-order valence-electron chi connectivity index (χ2n) is 3.29. The van der Waals surface area contributed by atoms with Gasteiger partial charge in [0.05, 0.1) is 6.42 Å². The van der Waals surface area contributed by atoms with Crippen molar-refractivity contribution >= 4 is 11.9 Å². The average molecular weight is 268 g/mol. The van der Waals surface area contributed by atoms with Crippen molar-refractivity contribution in [3.05, 3.63) is 23.3 Å². The van der Waals surface area contributed by atoms with Gasteiger partial charge < -0.3 is 10.2 Å². The lowest BCUT2D eigenvalue weighted by Crippen LogP contribution is -2.06. The van der Waals surface area contributed by atoms with E-state index in [0.29, 0.717) is 11.6 Å². The minimum atomic E-state index is -4.32. The summed E-state index contributed by atoms with van der Waals surface area (Å²) >= 11 is 0. The summed E-state index contributed by atoms with van der Waals surface area (Å²) in [6.45, 7) is 4.37. The van der Waals surface area contributed by atoms with Crippen molar-refractivity contribution in [2.24, 2.45) is 0 Å². The highest BCUT2D eigenvalue weighted by Gasteiger charge is 2.25. The summed E-state index contributed by atoms with van der Waals surface area (Å²) < 4.78 is 34.3. The molecule has 0 aliphatic rings. The summed E-state index contributed by atoms with van der Waals surface area (Å²) in [7, 11) is 0. The summed E-state index contributed by atoms with van der Waals surface area (Å²) in [6.07, 6.45) is -3.31. The van der Waals surface area contributed by atoms with Crippen LogP contribution in [0.25, 0.3) is 0 Å². The highest BCUT2D eigenvalue weighted by molar-refractivity contribution is 5.86. The highest BCUT2D eigenvalue weighted by Crippen LogP contribution is 2.20. The van der Waals surface area contributed by atoms with Crippen LogP contribution in [-0.4, -0.2) is 28.3 Å². The van der Waals surface area contributed by atoms with Gasteiger partial charge in [0, 0.05) is 11.1 Å². The molecule has 4 nitrogen and oxygen atoms in total. The molecule has 18 heavy (non-hydrogen) atoms. The van der Waals surface area contributed by atoms with Crippen LogP contribution in [0.3, 0.4) is 0 Å². The third-order valence-electron chi connectivity index (χ3n) is 1.75. The van der Waals surface area contributed by atoms with E-state index < -0.39 is 24.5 Å². The lowest BCUT2D eigenvalue weighted by molar-refractivity contribution is -0.133. The largest absolute Gasteiger partial charge is 0.478 e. The molecule has 0 spiro atoms. The standard InChI is InChI=1S/C6H7F3O2.C5H8O2/c1-4(5(10)11)2-3-6(7,8)9;1-3-4(2)5(6)7/h2H,3H2,1H3,(H,10,11);3H,1-2H3,(H,6,7). The summed E-state index contributed by atoms with van der Waals surface area (Å²) in [5, 5.41) is 16.3. The van der Waals surface area contributed by atoms with Gasteiger partial charge >= 0.3 is 18.1 Å². The van der Waals surface area contributed by atoms with Crippen LogP contribution in [-0.2, 0) is 9.59 Å². The lowest BCUT2D eigenvalue weighted by atomic mass is 10.2. The number of hydrogen-bond acceptors (Lipinski definition) is 2. The number of alkyl halides is 3. The van der Waals surface area contributed by atoms with Gasteiger partial charge in [-0.15, -0.1) is 0 Å². The third kappa shape index (κ3) is 12.3. The SMILES string of the molecule is CC(=CCC(F)(F)F)C(=O)O.CC=C(C)C(=O)O. The van der Waals surface area contributed by atoms with Gasteiger partial charge in [0.25, 0.3) is 0 Å². The molecule has 0 rings (SSSR count). The van der Waals surface area contributed by atoms with Gasteiger partial charge in [0.2, 0.25) is 0 Å². The van der Waals surface area contributed by atoms with Gasteiger partial charge in [-0.3, -0.25) is 0 Å². The van der Waals surface area contributed by atoms with Gasteiger partial charge in [-0.05, 0) is 20.8 Å². The van der Waals surface area contributed by atoms with Crippen molar-refractivity contribution in [2.45, 2.75) is 33.4 Å². The Morgan fingerprint density at radius 3 is 1.61 bits per heavy atom. The van der Waals surface area contributed by atoms with Crippen molar-refractivity contribution < 1.29 is 33.0 Å². The number of carboxylic acid groups (broad SMARTS) is 2. The van der Waals surface area contributed by atoms with Crippen molar-refractivity contribution in [3.63, 3.8) is 0 Å². The second-order valence-corrected chi connectivity index (χ2v) is 3.29. The first-order valence-electron chi connectivity index (χ1n) is 4.84. The summed E-state index contributed by atoms with van der Waals surface area (Å²) in [6, 6.07) is 0. The van der Waals surface area contributed by atoms with Gasteiger partial charge in [0.15, 0.2) is 0 Å². The maximum atomic E-state index is 11.4. The number of halogens is 3. The Morgan fingerprint density at radius 1 is 1.06 bits per heavy atom. The van der Waals surface area contributed by atoms with E-state index in [1.54, 1.807) is 19.9 Å². The van der Waals surface area contributed by atoms with E-state index in [4.69, 9.17) is 10.2 Å². The van der Waals surface area contributed by atoms with E-state index in [2.05, 4.69) is 0 Å². The van der Waals surface area contributed by atoms with Crippen molar-refractivity contribution in [1.82, 2.24) is 0 Å². The Bertz CT molecular complexity index is 354. The highest BCUT2D eigenvalue weighted by atomic mass is 19.4. The minimum Gasteiger partial charge on any atom is -0.478 e. The Balaban J connectivity index is 0. The molecule has 0 aromatic rings. The fourth-order valence-electron chi connectivity index (χ4n) is 0.480. The molecule has 2 N–H and O–H groups in total. The van der Waals surface area contributed by atoms with E-state index in [1.807, 2.05) is 0 Å². The maximum Gasteiger partial charge on any atom is 0.392 e. The molecule has 0 amide bonds. The van der Waals surface area contributed by atoms with Crippen LogP contribution in [0.5, 0.6) is 0 Å². The number of carbonyl (C=O) groups is 2. The van der Waals surface area contributed by atoms with Crippen LogP contribution in [0.4, 0.5) is 13.2 Å². The topological polar surface area (TPSA) is 74.6 Å². The normalized spacial score (nSPS) is 12.6. The Labute approximate surface area is 102 Å². The molecule has 0 heterocycles. The fraction of sp³-hybridized carbons (Fsp3) is 0.455. The molecule has 0 bridgehead atoms. The van der Waals surface area contributed by atoms with E-state index in [0.717, 1.165) is 6.92 Å². The van der Waals surface area contributed by atoms with Gasteiger partial charge in [-0.1, -0.05) is 12.2 Å². The number of hydrogen-bond donors (Lipinski definition) is 2. The molecule has 0 aromatic carbocycles. The zero-order valence-corrected chi connectivity index (χ0v) is 10.2. The first kappa shape index (κ1) is 18.6. The summed E-state index contributed by atoms with van der Waals surface area (Å²) in [5.41, 5.74) is 0.0994. The van der Waals surface area contributed by atoms with Gasteiger partial charge in [-0.25, -0.2) is 9.59 Å². The molecular weight excluding hydrogens is 253 g/mol. The number of allylic oxidation sites excluding steroid dienone is 2. The summed E-state index contributed by atoms with van der Waals surface area (Å²) in [4.78, 5) is 19.8. The van der Waals surface area contributed by atoms with E-state index >= 15 is 0 Å². The molecule has 0 saturated heterocycles. The number of carboxylic acids is 2. The summed E-state index contributed by atoms with van der Waals surface area (Å²) in [5.74, 6) is -2.17. The number of rotatable bonds is 3. The molecule has 0 atom stereocenters. The van der Waals surface area contributed by atoms with Gasteiger partial charge in [-0.2, -0.15) is 13.2 Å². The monoisotopic (exact) mass is 268 g/mol. The van der Waals surface area contributed by atoms with Crippen LogP contribution in [0.1, 0.15) is 27.2 Å². The van der Waals surface area contributed by atoms with Crippen LogP contribution in [0.2, 0.25) is 0 Å². The predicted octanol–water partition coefficient (Wildman–Crippen LogP) is 3.01. The predicted molar refractivity (Wildman–Crippen MR) is 59.1 cm³/mol. The molecule has 0 unspecified atom stereocenters. The molecule has 0 aliphatic heterocycles. The molecular formula is C11H15F3O4. The fourth-order valence-corrected chi connectivity index (χ4v) is 0.480. The quantitative estimate of drug-likeness (QED) is 0.771. The first-order valence-corrected chi connectivity index (χ1v) is 4.84. The van der Waals surface area contributed by atoms with Crippen LogP contribution in [0.15, 0.2) is 23.3 Å². The Morgan fingerprint density at radius 2 is 1.44 bits per heavy atom. The molecule has 0 aromatic heterocycles. The van der Waals surface area contributed by atoms with Crippen LogP contribution in [0, 0.1) is 0 Å². The van der Waals surface area contributed by atoms with Gasteiger partial charge in [0.1, 0.15) is 0 Å². The van der Waals surface area contributed by atoms with E-state index in [1.165, 1.54) is 0 Å². The third-order valence-corrected chi connectivity index (χ3v) is 1.75. The average Bonchev–Trinajstić information content (AvgIpc) is 2.24. The molecule has 7 heteroatoms. The van der Waals surface area contributed by atoms with E-state index in [-0.39, 0.29) is 5.57 Å². The Hall–Kier alpha value is -1.79.